The summed E-state index contributed by atoms with van der Waals surface area (Å²) in [5.41, 5.74) is 12.1. The maximum atomic E-state index is 6.62. The molecule has 0 aliphatic rings. The Morgan fingerprint density at radius 2 is 0.783 bits per heavy atom. The fourth-order valence-electron chi connectivity index (χ4n) is 8.78. The molecule has 5 nitrogen and oxygen atoms in total. The average molecular weight is 768 g/mol. The summed E-state index contributed by atoms with van der Waals surface area (Å²) in [5, 5.41) is 6.22. The molecule has 0 aliphatic carbocycles. The van der Waals surface area contributed by atoms with E-state index in [9.17, 15) is 0 Å². The summed E-state index contributed by atoms with van der Waals surface area (Å²) in [6.07, 6.45) is 0. The molecule has 12 aromatic rings. The van der Waals surface area contributed by atoms with E-state index in [4.69, 9.17) is 23.8 Å². The number of fused-ring (bicyclic) bond motifs is 7. The minimum atomic E-state index is 0.506. The van der Waals surface area contributed by atoms with Crippen LogP contribution >= 0.6 is 0 Å². The van der Waals surface area contributed by atoms with Crippen LogP contribution in [0.2, 0.25) is 0 Å². The smallest absolute Gasteiger partial charge is 0.167 e. The molecule has 3 aromatic heterocycles. The summed E-state index contributed by atoms with van der Waals surface area (Å²) in [7, 11) is 0. The van der Waals surface area contributed by atoms with Crippen molar-refractivity contribution in [3.05, 3.63) is 200 Å². The van der Waals surface area contributed by atoms with Gasteiger partial charge in [0.2, 0.25) is 0 Å². The van der Waals surface area contributed by atoms with Crippen LogP contribution in [0, 0.1) is 0 Å². The third kappa shape index (κ3) is 5.52. The molecular weight excluding hydrogens is 735 g/mol. The van der Waals surface area contributed by atoms with Gasteiger partial charge in [0.05, 0.1) is 11.1 Å². The van der Waals surface area contributed by atoms with Crippen molar-refractivity contribution in [3.8, 4) is 67.5 Å². The van der Waals surface area contributed by atoms with Crippen LogP contribution in [0.3, 0.4) is 0 Å². The molecule has 0 N–H and O–H groups in total. The molecule has 3 heterocycles. The maximum absolute atomic E-state index is 6.62. The molecule has 0 aliphatic heterocycles. The van der Waals surface area contributed by atoms with Gasteiger partial charge >= 0.3 is 0 Å². The van der Waals surface area contributed by atoms with Crippen LogP contribution in [-0.2, 0) is 0 Å². The van der Waals surface area contributed by atoms with Crippen LogP contribution in [0.15, 0.2) is 209 Å². The summed E-state index contributed by atoms with van der Waals surface area (Å²) in [4.78, 5) is 16.3. The Balaban J connectivity index is 1.20. The van der Waals surface area contributed by atoms with Crippen molar-refractivity contribution in [3.63, 3.8) is 0 Å². The van der Waals surface area contributed by atoms with Crippen LogP contribution in [-0.4, -0.2) is 15.0 Å². The molecule has 5 heteroatoms. The quantitative estimate of drug-likeness (QED) is 0.169. The van der Waals surface area contributed by atoms with E-state index in [0.717, 1.165) is 105 Å². The van der Waals surface area contributed by atoms with Gasteiger partial charge in [-0.25, -0.2) is 15.0 Å². The molecule has 0 fully saturated rings. The lowest BCUT2D eigenvalue weighted by atomic mass is 9.88. The number of hydrogen-bond donors (Lipinski definition) is 0. The highest BCUT2D eigenvalue weighted by Crippen LogP contribution is 2.44. The first-order valence-electron chi connectivity index (χ1n) is 20.1. The van der Waals surface area contributed by atoms with Crippen molar-refractivity contribution in [1.82, 2.24) is 15.0 Å². The van der Waals surface area contributed by atoms with Gasteiger partial charge in [-0.05, 0) is 69.1 Å². The van der Waals surface area contributed by atoms with Crippen LogP contribution in [0.4, 0.5) is 0 Å². The molecule has 0 atom stereocenters. The summed E-state index contributed by atoms with van der Waals surface area (Å²) in [5.74, 6) is 1.56. The largest absolute Gasteiger partial charge is 0.455 e. The predicted octanol–water partition coefficient (Wildman–Crippen LogP) is 14.8. The first-order chi connectivity index (χ1) is 29.7. The van der Waals surface area contributed by atoms with Gasteiger partial charge in [0.1, 0.15) is 22.3 Å². The molecular formula is C55H33N3O2. The Bertz CT molecular complexity index is 3470. The second kappa shape index (κ2) is 13.8. The minimum Gasteiger partial charge on any atom is -0.455 e. The van der Waals surface area contributed by atoms with Crippen molar-refractivity contribution >= 4 is 54.6 Å². The molecule has 280 valence electrons. The molecule has 0 unspecified atom stereocenters. The zero-order chi connectivity index (χ0) is 39.6. The fraction of sp³-hybridized carbons (Fsp3) is 0. The lowest BCUT2D eigenvalue weighted by molar-refractivity contribution is 0.669. The van der Waals surface area contributed by atoms with E-state index >= 15 is 0 Å². The Kier molecular flexibility index (Phi) is 7.78. The second-order valence-corrected chi connectivity index (χ2v) is 15.1. The van der Waals surface area contributed by atoms with E-state index in [1.54, 1.807) is 0 Å². The zero-order valence-electron chi connectivity index (χ0n) is 32.2. The van der Waals surface area contributed by atoms with Crippen molar-refractivity contribution in [2.24, 2.45) is 0 Å². The third-order valence-electron chi connectivity index (χ3n) is 11.6. The molecule has 60 heavy (non-hydrogen) atoms. The van der Waals surface area contributed by atoms with E-state index in [1.165, 1.54) is 0 Å². The number of hydrogen-bond acceptors (Lipinski definition) is 5. The summed E-state index contributed by atoms with van der Waals surface area (Å²) >= 11 is 0. The molecule has 0 amide bonds. The highest BCUT2D eigenvalue weighted by molar-refractivity contribution is 6.13. The van der Waals surface area contributed by atoms with Crippen LogP contribution in [0.25, 0.3) is 122 Å². The van der Waals surface area contributed by atoms with Crippen molar-refractivity contribution < 1.29 is 8.83 Å². The van der Waals surface area contributed by atoms with E-state index < -0.39 is 0 Å². The number of rotatable bonds is 6. The van der Waals surface area contributed by atoms with Gasteiger partial charge in [-0.3, -0.25) is 0 Å². The highest BCUT2D eigenvalue weighted by atomic mass is 16.3. The van der Waals surface area contributed by atoms with Gasteiger partial charge in [-0.15, -0.1) is 0 Å². The Hall–Kier alpha value is -8.15. The molecule has 0 radical (unpaired) electrons. The standard InChI is InChI=1S/C55H33N3O2/c1-3-15-34(16-4-1)37-20-11-21-38(33-37)40-32-31-36-19-12-24-39(35-17-5-2-6-18-35)49(36)50(40)55-57-53(45-27-13-25-43-41-22-7-9-29-47(41)59-51(43)45)56-54(58-55)46-28-14-26-44-42-23-8-10-30-48(42)60-52(44)46/h1-33H. The molecule has 0 spiro atoms. The van der Waals surface area contributed by atoms with Gasteiger partial charge in [0.15, 0.2) is 17.5 Å². The number of para-hydroxylation sites is 4. The summed E-state index contributed by atoms with van der Waals surface area (Å²) in [6, 6.07) is 69.3. The summed E-state index contributed by atoms with van der Waals surface area (Å²) < 4.78 is 13.2. The fourth-order valence-corrected chi connectivity index (χ4v) is 8.78. The first kappa shape index (κ1) is 33.9. The third-order valence-corrected chi connectivity index (χ3v) is 11.6. The number of aromatic nitrogens is 3. The minimum absolute atomic E-state index is 0.506. The van der Waals surface area contributed by atoms with Gasteiger partial charge < -0.3 is 8.83 Å². The van der Waals surface area contributed by atoms with Gasteiger partial charge in [0.25, 0.3) is 0 Å². The molecule has 0 saturated carbocycles. The number of benzene rings is 9. The molecule has 0 bridgehead atoms. The highest BCUT2D eigenvalue weighted by Gasteiger charge is 2.24. The predicted molar refractivity (Wildman–Crippen MR) is 245 cm³/mol. The van der Waals surface area contributed by atoms with Gasteiger partial charge in [0, 0.05) is 32.5 Å². The first-order valence-corrected chi connectivity index (χ1v) is 20.1. The Morgan fingerprint density at radius 3 is 1.43 bits per heavy atom. The lowest BCUT2D eigenvalue weighted by Gasteiger charge is -2.18. The second-order valence-electron chi connectivity index (χ2n) is 15.1. The van der Waals surface area contributed by atoms with Gasteiger partial charge in [-0.2, -0.15) is 0 Å². The maximum Gasteiger partial charge on any atom is 0.167 e. The SMILES string of the molecule is c1ccc(-c2cccc(-c3ccc4cccc(-c5ccccc5)c4c3-c3nc(-c4cccc5c4oc4ccccc45)nc(-c4cccc5c4oc4ccccc45)n3)c2)cc1. The normalized spacial score (nSPS) is 11.7. The van der Waals surface area contributed by atoms with Crippen LogP contribution in [0.5, 0.6) is 0 Å². The van der Waals surface area contributed by atoms with Crippen LogP contribution < -0.4 is 0 Å². The van der Waals surface area contributed by atoms with Crippen LogP contribution in [0.1, 0.15) is 0 Å². The van der Waals surface area contributed by atoms with E-state index in [2.05, 4.69) is 146 Å². The van der Waals surface area contributed by atoms with Gasteiger partial charge in [-0.1, -0.05) is 170 Å². The molecule has 0 saturated heterocycles. The topological polar surface area (TPSA) is 65.0 Å². The Labute approximate surface area is 344 Å². The molecule has 12 rings (SSSR count). The summed E-state index contributed by atoms with van der Waals surface area (Å²) in [6.45, 7) is 0. The Morgan fingerprint density at radius 1 is 0.300 bits per heavy atom. The zero-order valence-corrected chi connectivity index (χ0v) is 32.2. The lowest BCUT2D eigenvalue weighted by Crippen LogP contribution is -2.02. The van der Waals surface area contributed by atoms with E-state index in [0.29, 0.717) is 17.5 Å². The number of nitrogens with zero attached hydrogens (tertiary/aromatic N) is 3. The van der Waals surface area contributed by atoms with Crippen molar-refractivity contribution in [1.29, 1.82) is 0 Å². The van der Waals surface area contributed by atoms with Crippen molar-refractivity contribution in [2.75, 3.05) is 0 Å². The number of furan rings is 2. The molecule has 9 aromatic carbocycles. The monoisotopic (exact) mass is 767 g/mol. The van der Waals surface area contributed by atoms with E-state index in [1.807, 2.05) is 54.6 Å². The average Bonchev–Trinajstić information content (AvgIpc) is 3.90. The van der Waals surface area contributed by atoms with E-state index in [-0.39, 0.29) is 0 Å². The van der Waals surface area contributed by atoms with Crippen molar-refractivity contribution in [2.45, 2.75) is 0 Å².